The van der Waals surface area contributed by atoms with Crippen LogP contribution in [0.4, 0.5) is 0 Å². The topological polar surface area (TPSA) is 124 Å². The van der Waals surface area contributed by atoms with Crippen molar-refractivity contribution in [3.63, 3.8) is 0 Å². The Bertz CT molecular complexity index is 1530. The van der Waals surface area contributed by atoms with Crippen LogP contribution in [-0.2, 0) is 17.9 Å². The second-order valence-corrected chi connectivity index (χ2v) is 9.62. The smallest absolute Gasteiger partial charge is 0.342 e. The SMILES string of the molecule is CCn1c(S/C(=C\c2ccc(OCc3cccc(C(=O)O)c3)c(OC)c2)C(=O)O)nnc1-c1ccc(Cl)cc1. The number of hydrogen-bond acceptors (Lipinski definition) is 7. The molecule has 0 aliphatic carbocycles. The van der Waals surface area contributed by atoms with Crippen molar-refractivity contribution in [3.05, 3.63) is 93.3 Å². The number of thioether (sulfide) groups is 1. The molecule has 1 aromatic heterocycles. The lowest BCUT2D eigenvalue weighted by Gasteiger charge is -2.12. The highest BCUT2D eigenvalue weighted by Gasteiger charge is 2.19. The highest BCUT2D eigenvalue weighted by Crippen LogP contribution is 2.33. The van der Waals surface area contributed by atoms with Crippen molar-refractivity contribution in [2.45, 2.75) is 25.2 Å². The first kappa shape index (κ1) is 27.7. The predicted octanol–water partition coefficient (Wildman–Crippen LogP) is 6.12. The Labute approximate surface area is 233 Å². The molecule has 0 saturated heterocycles. The van der Waals surface area contributed by atoms with Gasteiger partial charge in [0.05, 0.1) is 12.7 Å². The Balaban J connectivity index is 1.55. The van der Waals surface area contributed by atoms with Crippen LogP contribution in [0.5, 0.6) is 11.5 Å². The van der Waals surface area contributed by atoms with E-state index in [1.165, 1.54) is 25.3 Å². The molecular formula is C28H24ClN3O6S. The van der Waals surface area contributed by atoms with E-state index in [0.717, 1.165) is 17.3 Å². The number of ether oxygens (including phenoxy) is 2. The highest BCUT2D eigenvalue weighted by atomic mass is 35.5. The van der Waals surface area contributed by atoms with E-state index in [2.05, 4.69) is 10.2 Å². The van der Waals surface area contributed by atoms with Crippen LogP contribution in [0.3, 0.4) is 0 Å². The number of aliphatic carboxylic acids is 1. The summed E-state index contributed by atoms with van der Waals surface area (Å²) in [7, 11) is 1.48. The summed E-state index contributed by atoms with van der Waals surface area (Å²) in [5, 5.41) is 28.6. The van der Waals surface area contributed by atoms with Gasteiger partial charge < -0.3 is 24.3 Å². The fourth-order valence-corrected chi connectivity index (χ4v) is 4.71. The minimum Gasteiger partial charge on any atom is -0.493 e. The van der Waals surface area contributed by atoms with Gasteiger partial charge in [0.25, 0.3) is 0 Å². The molecule has 4 aromatic rings. The molecule has 0 saturated carbocycles. The van der Waals surface area contributed by atoms with Crippen molar-refractivity contribution in [1.29, 1.82) is 0 Å². The van der Waals surface area contributed by atoms with Crippen LogP contribution in [-0.4, -0.2) is 44.0 Å². The second kappa shape index (κ2) is 12.5. The van der Waals surface area contributed by atoms with Gasteiger partial charge in [-0.1, -0.05) is 29.8 Å². The lowest BCUT2D eigenvalue weighted by molar-refractivity contribution is -0.131. The van der Waals surface area contributed by atoms with Gasteiger partial charge in [-0.15, -0.1) is 10.2 Å². The number of carboxylic acid groups (broad SMARTS) is 2. The van der Waals surface area contributed by atoms with E-state index in [4.69, 9.17) is 21.1 Å². The first-order valence-electron chi connectivity index (χ1n) is 11.7. The van der Waals surface area contributed by atoms with Crippen LogP contribution < -0.4 is 9.47 Å². The summed E-state index contributed by atoms with van der Waals surface area (Å²) in [6.07, 6.45) is 1.52. The molecule has 0 unspecified atom stereocenters. The van der Waals surface area contributed by atoms with Crippen LogP contribution in [0.25, 0.3) is 17.5 Å². The summed E-state index contributed by atoms with van der Waals surface area (Å²) >= 11 is 6.99. The van der Waals surface area contributed by atoms with Gasteiger partial charge in [0.1, 0.15) is 11.5 Å². The van der Waals surface area contributed by atoms with Gasteiger partial charge in [-0.25, -0.2) is 9.59 Å². The van der Waals surface area contributed by atoms with Crippen molar-refractivity contribution in [2.75, 3.05) is 7.11 Å². The number of nitrogens with zero attached hydrogens (tertiary/aromatic N) is 3. The number of methoxy groups -OCH3 is 1. The normalized spacial score (nSPS) is 11.3. The third-order valence-corrected chi connectivity index (χ3v) is 6.85. The number of carbonyl (C=O) groups is 2. The van der Waals surface area contributed by atoms with Crippen LogP contribution in [0, 0.1) is 0 Å². The maximum absolute atomic E-state index is 12.1. The first-order valence-corrected chi connectivity index (χ1v) is 12.9. The molecule has 0 atom stereocenters. The number of carboxylic acids is 2. The molecule has 0 aliphatic heterocycles. The summed E-state index contributed by atoms with van der Waals surface area (Å²) in [5.41, 5.74) is 2.25. The number of hydrogen-bond donors (Lipinski definition) is 2. The van der Waals surface area contributed by atoms with Gasteiger partial charge in [-0.3, -0.25) is 0 Å². The molecule has 0 radical (unpaired) electrons. The lowest BCUT2D eigenvalue weighted by atomic mass is 10.1. The molecule has 4 rings (SSSR count). The Kier molecular flexibility index (Phi) is 8.90. The zero-order valence-electron chi connectivity index (χ0n) is 21.0. The number of halogens is 1. The fraction of sp³-hybridized carbons (Fsp3) is 0.143. The Morgan fingerprint density at radius 1 is 1.03 bits per heavy atom. The highest BCUT2D eigenvalue weighted by molar-refractivity contribution is 8.04. The maximum Gasteiger partial charge on any atom is 0.342 e. The summed E-state index contributed by atoms with van der Waals surface area (Å²) < 4.78 is 13.1. The monoisotopic (exact) mass is 565 g/mol. The average Bonchev–Trinajstić information content (AvgIpc) is 3.34. The van der Waals surface area contributed by atoms with Gasteiger partial charge in [0.2, 0.25) is 0 Å². The summed E-state index contributed by atoms with van der Waals surface area (Å²) in [5.74, 6) is -0.696. The minimum absolute atomic E-state index is 0.0426. The molecule has 0 bridgehead atoms. The van der Waals surface area contributed by atoms with E-state index in [-0.39, 0.29) is 17.1 Å². The third-order valence-electron chi connectivity index (χ3n) is 5.60. The molecule has 0 fully saturated rings. The van der Waals surface area contributed by atoms with E-state index in [0.29, 0.717) is 45.2 Å². The molecule has 1 heterocycles. The van der Waals surface area contributed by atoms with Crippen molar-refractivity contribution < 1.29 is 29.3 Å². The number of aromatic nitrogens is 3. The standard InChI is InChI=1S/C28H24ClN3O6S/c1-3-32-25(19-8-10-21(29)11-9-19)30-31-28(32)39-24(27(35)36)15-17-7-12-22(23(14-17)37-2)38-16-18-5-4-6-20(13-18)26(33)34/h4-15H,3,16H2,1-2H3,(H,33,34)(H,35,36)/b24-15-. The summed E-state index contributed by atoms with van der Waals surface area (Å²) in [6.45, 7) is 2.60. The molecule has 11 heteroatoms. The summed E-state index contributed by atoms with van der Waals surface area (Å²) in [6, 6.07) is 18.7. The molecule has 0 aliphatic rings. The maximum atomic E-state index is 12.1. The zero-order valence-corrected chi connectivity index (χ0v) is 22.6. The Morgan fingerprint density at radius 3 is 2.46 bits per heavy atom. The minimum atomic E-state index is -1.11. The quantitative estimate of drug-likeness (QED) is 0.163. The van der Waals surface area contributed by atoms with E-state index in [9.17, 15) is 19.8 Å². The van der Waals surface area contributed by atoms with Crippen molar-refractivity contribution >= 4 is 41.4 Å². The summed E-state index contributed by atoms with van der Waals surface area (Å²) in [4.78, 5) is 23.4. The van der Waals surface area contributed by atoms with Crippen molar-refractivity contribution in [2.24, 2.45) is 0 Å². The molecule has 0 spiro atoms. The van der Waals surface area contributed by atoms with Crippen molar-refractivity contribution in [3.8, 4) is 22.9 Å². The first-order chi connectivity index (χ1) is 18.8. The molecule has 2 N–H and O–H groups in total. The molecule has 39 heavy (non-hydrogen) atoms. The number of benzene rings is 3. The largest absolute Gasteiger partial charge is 0.493 e. The van der Waals surface area contributed by atoms with Gasteiger partial charge in [-0.05, 0) is 84.4 Å². The molecule has 3 aromatic carbocycles. The Morgan fingerprint density at radius 2 is 1.79 bits per heavy atom. The molecule has 9 nitrogen and oxygen atoms in total. The van der Waals surface area contributed by atoms with Gasteiger partial charge in [0.15, 0.2) is 22.5 Å². The zero-order chi connectivity index (χ0) is 27.9. The fourth-order valence-electron chi connectivity index (χ4n) is 3.69. The van der Waals surface area contributed by atoms with E-state index < -0.39 is 11.9 Å². The van der Waals surface area contributed by atoms with Crippen LogP contribution in [0.15, 0.2) is 76.8 Å². The van der Waals surface area contributed by atoms with Gasteiger partial charge in [-0.2, -0.15) is 0 Å². The third kappa shape index (κ3) is 6.78. The van der Waals surface area contributed by atoms with Gasteiger partial charge >= 0.3 is 11.9 Å². The van der Waals surface area contributed by atoms with E-state index in [1.807, 2.05) is 23.6 Å². The average molecular weight is 566 g/mol. The van der Waals surface area contributed by atoms with Crippen LogP contribution in [0.1, 0.15) is 28.4 Å². The van der Waals surface area contributed by atoms with Crippen molar-refractivity contribution in [1.82, 2.24) is 14.8 Å². The number of aromatic carboxylic acids is 1. The Hall–Kier alpha value is -4.28. The van der Waals surface area contributed by atoms with Gasteiger partial charge in [0, 0.05) is 17.1 Å². The molecular weight excluding hydrogens is 542 g/mol. The lowest BCUT2D eigenvalue weighted by Crippen LogP contribution is -2.03. The predicted molar refractivity (Wildman–Crippen MR) is 148 cm³/mol. The van der Waals surface area contributed by atoms with Crippen LogP contribution >= 0.6 is 23.4 Å². The van der Waals surface area contributed by atoms with E-state index >= 15 is 0 Å². The molecule has 200 valence electrons. The second-order valence-electron chi connectivity index (χ2n) is 8.18. The van der Waals surface area contributed by atoms with Crippen LogP contribution in [0.2, 0.25) is 5.02 Å². The number of rotatable bonds is 11. The van der Waals surface area contributed by atoms with E-state index in [1.54, 1.807) is 42.5 Å². The molecule has 0 amide bonds.